The van der Waals surface area contributed by atoms with Crippen molar-refractivity contribution in [3.05, 3.63) is 63.1 Å². The maximum atomic E-state index is 14.2. The molecule has 0 aromatic heterocycles. The summed E-state index contributed by atoms with van der Waals surface area (Å²) in [5.74, 6) is -0.154. The fourth-order valence-corrected chi connectivity index (χ4v) is 3.43. The number of hydrogen-bond donors (Lipinski definition) is 1. The summed E-state index contributed by atoms with van der Waals surface area (Å²) in [5, 5.41) is 3.13. The van der Waals surface area contributed by atoms with Gasteiger partial charge in [-0.1, -0.05) is 23.7 Å². The van der Waals surface area contributed by atoms with Crippen LogP contribution >= 0.6 is 39.3 Å². The zero-order valence-electron chi connectivity index (χ0n) is 11.2. The third kappa shape index (κ3) is 4.19. The van der Waals surface area contributed by atoms with Gasteiger partial charge in [0.2, 0.25) is 0 Å². The minimum Gasteiger partial charge on any atom is -0.312 e. The summed E-state index contributed by atoms with van der Waals surface area (Å²) in [6.45, 7) is 0. The lowest BCUT2D eigenvalue weighted by molar-refractivity contribution is 0.565. The van der Waals surface area contributed by atoms with E-state index >= 15 is 0 Å². The van der Waals surface area contributed by atoms with Crippen LogP contribution in [0.5, 0.6) is 0 Å². The highest BCUT2D eigenvalue weighted by Gasteiger charge is 2.18. The van der Waals surface area contributed by atoms with Gasteiger partial charge in [-0.3, -0.25) is 0 Å². The van der Waals surface area contributed by atoms with E-state index in [2.05, 4.69) is 21.2 Å². The van der Waals surface area contributed by atoms with Crippen LogP contribution < -0.4 is 5.32 Å². The highest BCUT2D eigenvalue weighted by atomic mass is 79.9. The zero-order valence-corrected chi connectivity index (χ0v) is 14.3. The largest absolute Gasteiger partial charge is 0.312 e. The maximum Gasteiger partial charge on any atom is 0.147 e. The lowest BCUT2D eigenvalue weighted by Crippen LogP contribution is -2.20. The average molecular weight is 393 g/mol. The lowest BCUT2D eigenvalue weighted by atomic mass is 10.1. The first kappa shape index (κ1) is 16.7. The van der Waals surface area contributed by atoms with E-state index in [1.54, 1.807) is 25.2 Å². The predicted octanol–water partition coefficient (Wildman–Crippen LogP) is 5.43. The van der Waals surface area contributed by atoms with Crippen molar-refractivity contribution in [3.8, 4) is 0 Å². The number of nitrogens with one attached hydrogen (secondary N) is 1. The van der Waals surface area contributed by atoms with Crippen LogP contribution in [-0.4, -0.2) is 12.8 Å². The monoisotopic (exact) mass is 391 g/mol. The van der Waals surface area contributed by atoms with Crippen LogP contribution in [0, 0.1) is 11.6 Å². The first-order chi connectivity index (χ1) is 10.0. The van der Waals surface area contributed by atoms with Gasteiger partial charge in [-0.05, 0) is 47.2 Å². The number of rotatable bonds is 5. The summed E-state index contributed by atoms with van der Waals surface area (Å²) >= 11 is 10.6. The topological polar surface area (TPSA) is 12.0 Å². The van der Waals surface area contributed by atoms with E-state index in [-0.39, 0.29) is 16.9 Å². The van der Waals surface area contributed by atoms with Gasteiger partial charge in [0.25, 0.3) is 0 Å². The van der Waals surface area contributed by atoms with Crippen LogP contribution in [0.1, 0.15) is 11.6 Å². The van der Waals surface area contributed by atoms with Crippen LogP contribution in [0.3, 0.4) is 0 Å². The molecule has 1 nitrogen and oxygen atoms in total. The van der Waals surface area contributed by atoms with Crippen molar-refractivity contribution in [2.45, 2.75) is 10.9 Å². The fraction of sp³-hybridized carbons (Fsp3) is 0.200. The molecule has 0 amide bonds. The molecule has 1 N–H and O–H groups in total. The highest BCUT2D eigenvalue weighted by molar-refractivity contribution is 9.10. The highest BCUT2D eigenvalue weighted by Crippen LogP contribution is 2.32. The molecule has 0 aliphatic rings. The molecule has 1 atom stereocenters. The Labute approximate surface area is 140 Å². The Morgan fingerprint density at radius 2 is 2.05 bits per heavy atom. The summed E-state index contributed by atoms with van der Waals surface area (Å²) in [4.78, 5) is 0.805. The fourth-order valence-electron chi connectivity index (χ4n) is 1.87. The molecule has 0 radical (unpaired) electrons. The van der Waals surface area contributed by atoms with Gasteiger partial charge in [0.15, 0.2) is 0 Å². The number of benzene rings is 2. The summed E-state index contributed by atoms with van der Waals surface area (Å²) < 4.78 is 27.9. The molecule has 0 aliphatic heterocycles. The normalized spacial score (nSPS) is 12.4. The van der Waals surface area contributed by atoms with Gasteiger partial charge >= 0.3 is 0 Å². The minimum atomic E-state index is -0.440. The number of hydrogen-bond acceptors (Lipinski definition) is 2. The first-order valence-corrected chi connectivity index (χ1v) is 8.37. The van der Waals surface area contributed by atoms with E-state index in [9.17, 15) is 8.78 Å². The van der Waals surface area contributed by atoms with Crippen molar-refractivity contribution in [2.24, 2.45) is 0 Å². The minimum absolute atomic E-state index is 0.0727. The van der Waals surface area contributed by atoms with E-state index in [4.69, 9.17) is 11.6 Å². The molecule has 2 aromatic carbocycles. The van der Waals surface area contributed by atoms with Crippen molar-refractivity contribution >= 4 is 39.3 Å². The molecule has 0 bridgehead atoms. The summed E-state index contributed by atoms with van der Waals surface area (Å²) in [7, 11) is 1.76. The van der Waals surface area contributed by atoms with Gasteiger partial charge in [0, 0.05) is 26.7 Å². The molecular weight excluding hydrogens is 380 g/mol. The quantitative estimate of drug-likeness (QED) is 0.537. The second-order valence-corrected chi connectivity index (χ2v) is 6.70. The predicted molar refractivity (Wildman–Crippen MR) is 88.0 cm³/mol. The van der Waals surface area contributed by atoms with Gasteiger partial charge in [0.05, 0.1) is 5.02 Å². The molecule has 1 unspecified atom stereocenters. The molecule has 6 heteroatoms. The number of thioether (sulfide) groups is 1. The Balaban J connectivity index is 2.15. The van der Waals surface area contributed by atoms with Crippen LogP contribution in [0.25, 0.3) is 0 Å². The standard InChI is InChI=1S/C15H13BrClF2NS/c1-20-13(8-21-10-4-2-3-9(18)7-10)11-5-6-12(16)14(17)15(11)19/h2-7,13,20H,8H2,1H3. The molecule has 0 aliphatic carbocycles. The van der Waals surface area contributed by atoms with Crippen LogP contribution in [0.4, 0.5) is 8.78 Å². The summed E-state index contributed by atoms with van der Waals surface area (Å²) in [5.41, 5.74) is 0.495. The average Bonchev–Trinajstić information content (AvgIpc) is 2.47. The molecule has 0 saturated carbocycles. The van der Waals surface area contributed by atoms with Crippen molar-refractivity contribution < 1.29 is 8.78 Å². The lowest BCUT2D eigenvalue weighted by Gasteiger charge is -2.18. The zero-order chi connectivity index (χ0) is 15.4. The van der Waals surface area contributed by atoms with Crippen LogP contribution in [0.2, 0.25) is 5.02 Å². The van der Waals surface area contributed by atoms with Gasteiger partial charge < -0.3 is 5.32 Å². The Hall–Kier alpha value is -0.620. The van der Waals surface area contributed by atoms with Gasteiger partial charge in [-0.2, -0.15) is 0 Å². The van der Waals surface area contributed by atoms with Gasteiger partial charge in [0.1, 0.15) is 11.6 Å². The molecule has 0 fully saturated rings. The van der Waals surface area contributed by atoms with E-state index in [1.165, 1.54) is 23.9 Å². The molecular formula is C15H13BrClF2NS. The molecule has 112 valence electrons. The Kier molecular flexibility index (Phi) is 6.05. The van der Waals surface area contributed by atoms with Crippen molar-refractivity contribution in [2.75, 3.05) is 12.8 Å². The molecule has 2 rings (SSSR count). The SMILES string of the molecule is CNC(CSc1cccc(F)c1)c1ccc(Br)c(Cl)c1F. The Morgan fingerprint density at radius 1 is 1.29 bits per heavy atom. The molecule has 0 heterocycles. The van der Waals surface area contributed by atoms with E-state index < -0.39 is 5.82 Å². The summed E-state index contributed by atoms with van der Waals surface area (Å²) in [6.07, 6.45) is 0. The van der Waals surface area contributed by atoms with Gasteiger partial charge in [-0.15, -0.1) is 11.8 Å². The molecule has 0 saturated heterocycles. The second-order valence-electron chi connectivity index (χ2n) is 4.37. The first-order valence-electron chi connectivity index (χ1n) is 6.22. The van der Waals surface area contributed by atoms with E-state index in [0.29, 0.717) is 15.8 Å². The van der Waals surface area contributed by atoms with E-state index in [0.717, 1.165) is 4.90 Å². The van der Waals surface area contributed by atoms with Gasteiger partial charge in [-0.25, -0.2) is 8.78 Å². The Morgan fingerprint density at radius 3 is 2.71 bits per heavy atom. The molecule has 2 aromatic rings. The third-order valence-electron chi connectivity index (χ3n) is 3.00. The van der Waals surface area contributed by atoms with Crippen molar-refractivity contribution in [3.63, 3.8) is 0 Å². The van der Waals surface area contributed by atoms with Crippen molar-refractivity contribution in [1.82, 2.24) is 5.32 Å². The molecule has 21 heavy (non-hydrogen) atoms. The van der Waals surface area contributed by atoms with Crippen LogP contribution in [0.15, 0.2) is 45.8 Å². The smallest absolute Gasteiger partial charge is 0.147 e. The number of halogens is 4. The Bertz CT molecular complexity index is 639. The maximum absolute atomic E-state index is 14.2. The third-order valence-corrected chi connectivity index (χ3v) is 5.35. The van der Waals surface area contributed by atoms with E-state index in [1.807, 2.05) is 6.07 Å². The van der Waals surface area contributed by atoms with Crippen molar-refractivity contribution in [1.29, 1.82) is 0 Å². The molecule has 0 spiro atoms. The summed E-state index contributed by atoms with van der Waals surface area (Å²) in [6, 6.07) is 9.53. The second kappa shape index (κ2) is 7.58. The van der Waals surface area contributed by atoms with Crippen LogP contribution in [-0.2, 0) is 0 Å².